The average molecular weight is 1490 g/mol. The molecule has 0 atom stereocenters. The van der Waals surface area contributed by atoms with Crippen molar-refractivity contribution in [2.24, 2.45) is 10.8 Å². The number of hydrogen-bond donors (Lipinski definition) is 2. The maximum Gasteiger partial charge on any atom is 1.00 e. The van der Waals surface area contributed by atoms with Gasteiger partial charge in [0.15, 0.2) is 0 Å². The monoisotopic (exact) mass is 1490 g/mol. The van der Waals surface area contributed by atoms with Gasteiger partial charge in [-0.3, -0.25) is 28.9 Å². The number of carbonyl (C=O) groups is 5. The molecule has 0 aliphatic carbocycles. The predicted molar refractivity (Wildman–Crippen MR) is 366 cm³/mol. The molecule has 3 N–H and O–H groups in total. The van der Waals surface area contributed by atoms with E-state index in [1.807, 2.05) is 13.8 Å². The summed E-state index contributed by atoms with van der Waals surface area (Å²) in [5.74, 6) is -4.08. The van der Waals surface area contributed by atoms with Gasteiger partial charge >= 0.3 is 29.6 Å². The molecule has 5 aromatic carbocycles. The van der Waals surface area contributed by atoms with Crippen LogP contribution in [0.2, 0.25) is 0 Å². The maximum absolute atomic E-state index is 13.3. The van der Waals surface area contributed by atoms with Crippen LogP contribution in [0.15, 0.2) is 96.1 Å². The Morgan fingerprint density at radius 2 is 0.818 bits per heavy atom. The second kappa shape index (κ2) is 53.2. The third kappa shape index (κ3) is 34.0. The molecule has 23 nitrogen and oxygen atoms in total. The quantitative estimate of drug-likeness (QED) is 0.0225. The first-order valence-corrected chi connectivity index (χ1v) is 33.2. The van der Waals surface area contributed by atoms with Crippen molar-refractivity contribution in [1.82, 2.24) is 29.8 Å². The molecule has 0 spiro atoms. The number of hydrogen-bond acceptors (Lipinski definition) is 14. The smallest absolute Gasteiger partial charge is 0.379 e. The summed E-state index contributed by atoms with van der Waals surface area (Å²) in [4.78, 5) is 72.1. The zero-order chi connectivity index (χ0) is 72.8. The summed E-state index contributed by atoms with van der Waals surface area (Å²) in [6.45, 7) is 27.9. The number of halogens is 8. The van der Waals surface area contributed by atoms with Crippen molar-refractivity contribution < 1.29 is 104 Å². The SMILES string of the molecule is C1COCCN1.CC.CCN(CC)CC.Cc1ccc(F)cc1C(=O)Cl.NCc1ccc(F)cc1C(=O)N1CCOCC1.O=C(c1cc(F)ccc1CBr)N1CCOCC1.O=C(c1cc(F)ccc1F)N1CCOCC1.[N-]=[N+]=NCc1ccc(F)cc1C(=O)N1CCOCC1.[N-]=[N+]=[N-].[Na+]. The van der Waals surface area contributed by atoms with Crippen molar-refractivity contribution in [1.29, 1.82) is 0 Å². The minimum atomic E-state index is -0.696. The molecule has 538 valence electrons. The van der Waals surface area contributed by atoms with Crippen molar-refractivity contribution in [3.05, 3.63) is 202 Å². The van der Waals surface area contributed by atoms with E-state index in [0.29, 0.717) is 138 Å². The van der Waals surface area contributed by atoms with Gasteiger partial charge in [-0.2, -0.15) is 0 Å². The molecular weight excluding hydrogens is 1400 g/mol. The third-order valence-electron chi connectivity index (χ3n) is 14.5. The fraction of sp³-hybridized carbons (Fsp3) is 0.478. The molecule has 0 unspecified atom stereocenters. The van der Waals surface area contributed by atoms with Crippen LogP contribution in [-0.2, 0) is 42.1 Å². The Balaban J connectivity index is 0.000000584. The molecule has 99 heavy (non-hydrogen) atoms. The normalized spacial score (nSPS) is 14.4. The van der Waals surface area contributed by atoms with Gasteiger partial charge in [0.2, 0.25) is 0 Å². The number of azide groups is 1. The summed E-state index contributed by atoms with van der Waals surface area (Å²) in [6.07, 6.45) is 0. The number of morpholine rings is 5. The number of aryl methyl sites for hydroxylation is 1. The number of rotatable bonds is 12. The molecule has 5 fully saturated rings. The van der Waals surface area contributed by atoms with E-state index in [1.165, 1.54) is 84.0 Å². The maximum atomic E-state index is 13.3. The Morgan fingerprint density at radius 3 is 1.12 bits per heavy atom. The van der Waals surface area contributed by atoms with E-state index in [0.717, 1.165) is 56.1 Å². The molecule has 5 heterocycles. The predicted octanol–water partition coefficient (Wildman–Crippen LogP) is 8.86. The van der Waals surface area contributed by atoms with Crippen LogP contribution in [0.1, 0.15) is 109 Å². The molecule has 0 radical (unpaired) electrons. The minimum absolute atomic E-state index is 0. The van der Waals surface area contributed by atoms with Crippen molar-refractivity contribution in [2.45, 2.75) is 60.0 Å². The zero-order valence-corrected chi connectivity index (χ0v) is 61.5. The van der Waals surface area contributed by atoms with Gasteiger partial charge in [0.05, 0.1) is 78.2 Å². The third-order valence-corrected chi connectivity index (χ3v) is 15.3. The Bertz CT molecular complexity index is 3220. The summed E-state index contributed by atoms with van der Waals surface area (Å²) in [7, 11) is 0. The average Bonchev–Trinajstić information content (AvgIpc) is 0.863. The molecule has 5 aliphatic heterocycles. The van der Waals surface area contributed by atoms with Crippen molar-refractivity contribution in [2.75, 3.05) is 151 Å². The molecule has 4 amide bonds. The zero-order valence-electron chi connectivity index (χ0n) is 57.1. The number of carbonyl (C=O) groups excluding carboxylic acids is 5. The largest absolute Gasteiger partial charge is 1.00 e. The van der Waals surface area contributed by atoms with E-state index < -0.39 is 40.2 Å². The van der Waals surface area contributed by atoms with E-state index in [4.69, 9.17) is 57.6 Å². The number of nitrogens with zero attached hydrogens (tertiary/aromatic N) is 11. The van der Waals surface area contributed by atoms with Crippen LogP contribution in [0, 0.1) is 41.8 Å². The number of benzene rings is 5. The number of nitrogens with two attached hydrogens (primary N) is 1. The second-order valence-corrected chi connectivity index (χ2v) is 21.6. The van der Waals surface area contributed by atoms with Crippen LogP contribution < -0.4 is 40.6 Å². The van der Waals surface area contributed by atoms with E-state index in [9.17, 15) is 50.3 Å². The van der Waals surface area contributed by atoms with Gasteiger partial charge in [-0.05, 0) is 133 Å². The summed E-state index contributed by atoms with van der Waals surface area (Å²) < 4.78 is 104. The van der Waals surface area contributed by atoms with E-state index in [1.54, 1.807) is 33.8 Å². The van der Waals surface area contributed by atoms with Gasteiger partial charge in [-0.25, -0.2) is 26.3 Å². The molecule has 5 aliphatic rings. The minimum Gasteiger partial charge on any atom is -0.379 e. The molecular formula is C67H88BrClF6N13NaO10. The van der Waals surface area contributed by atoms with Crippen LogP contribution in [0.5, 0.6) is 0 Å². The first kappa shape index (κ1) is 90.3. The van der Waals surface area contributed by atoms with Gasteiger partial charge in [0.1, 0.15) is 34.9 Å². The van der Waals surface area contributed by atoms with Crippen molar-refractivity contribution >= 4 is 56.4 Å². The molecule has 10 rings (SSSR count). The Labute approximate surface area is 610 Å². The van der Waals surface area contributed by atoms with E-state index in [2.05, 4.69) is 56.9 Å². The molecule has 0 saturated carbocycles. The number of alkyl halides is 1. The summed E-state index contributed by atoms with van der Waals surface area (Å²) in [6, 6.07) is 19.1. The molecule has 32 heteroatoms. The first-order valence-electron chi connectivity index (χ1n) is 31.7. The Kier molecular flexibility index (Phi) is 48.5. The summed E-state index contributed by atoms with van der Waals surface area (Å²) in [5.41, 5.74) is 31.1. The van der Waals surface area contributed by atoms with Crippen molar-refractivity contribution in [3.63, 3.8) is 0 Å². The molecule has 0 aromatic heterocycles. The van der Waals surface area contributed by atoms with Gasteiger partial charge in [0, 0.05) is 104 Å². The fourth-order valence-electron chi connectivity index (χ4n) is 9.18. The van der Waals surface area contributed by atoms with Gasteiger partial charge in [-0.1, -0.05) is 79.9 Å². The number of ether oxygens (including phenoxy) is 5. The molecule has 0 bridgehead atoms. The van der Waals surface area contributed by atoms with E-state index >= 15 is 0 Å². The van der Waals surface area contributed by atoms with E-state index in [-0.39, 0.29) is 82.9 Å². The van der Waals surface area contributed by atoms with Gasteiger partial charge in [0.25, 0.3) is 28.9 Å². The fourth-order valence-corrected chi connectivity index (χ4v) is 9.88. The molecule has 5 saturated heterocycles. The van der Waals surface area contributed by atoms with Crippen LogP contribution in [0.4, 0.5) is 26.3 Å². The van der Waals surface area contributed by atoms with Gasteiger partial charge < -0.3 is 70.3 Å². The summed E-state index contributed by atoms with van der Waals surface area (Å²) in [5, 5.41) is 6.50. The topological polar surface area (TPSA) is 293 Å². The van der Waals surface area contributed by atoms with Crippen LogP contribution in [0.25, 0.3) is 26.4 Å². The Morgan fingerprint density at radius 1 is 0.515 bits per heavy atom. The first-order chi connectivity index (χ1) is 47.2. The summed E-state index contributed by atoms with van der Waals surface area (Å²) >= 11 is 8.48. The van der Waals surface area contributed by atoms with Crippen LogP contribution in [0.3, 0.4) is 0 Å². The van der Waals surface area contributed by atoms with Crippen molar-refractivity contribution in [3.8, 4) is 0 Å². The second-order valence-electron chi connectivity index (χ2n) is 20.7. The standard InChI is InChI=1S/C12H13BrFNO2.C12H13FN4O2.C12H15FN2O2.C11H11F2NO2.C8H6ClFO.C6H15N.C4H9NO.C2H6.N3.Na/c13-8-9-1-2-10(14)7-11(9)12(16)15-3-5-17-6-4-15;13-10-2-1-9(8-15-16-14)11(7-10)12(18)17-3-5-19-6-4-17;13-10-2-1-9(8-14)11(7-10)12(16)15-3-5-17-6-4-15;12-8-1-2-10(13)9(7-8)11(15)14-3-5-16-6-4-14;1-5-2-3-6(10)4-7(5)8(9)11;1-4-7(5-2)6-3;1-3-6-4-2-5-1;1-2;1-3-2;/h1-2,7H,3-6,8H2;1-2,7H,3-6,8H2;1-2,7H,3-6,8,14H2;1-2,7H,3-6H2;2-4H,1H3;4-6H2,1-3H3;5H,1-4H2;1-2H3;;/q;;;;;;;;-1;+1. The Hall–Kier alpha value is -6.70. The molecule has 5 aromatic rings. The van der Waals surface area contributed by atoms with Gasteiger partial charge in [-0.15, -0.1) is 0 Å². The van der Waals surface area contributed by atoms with Crippen LogP contribution in [-0.4, -0.2) is 205 Å². The number of amides is 4. The van der Waals surface area contributed by atoms with Crippen LogP contribution >= 0.6 is 27.5 Å². The number of nitrogens with one attached hydrogen (secondary N) is 1.